The van der Waals surface area contributed by atoms with Gasteiger partial charge in [-0.2, -0.15) is 0 Å². The Kier molecular flexibility index (Phi) is 3.70. The number of hydrogen-bond acceptors (Lipinski definition) is 3. The molecule has 0 saturated carbocycles. The molecule has 2 aromatic carbocycles. The molecule has 0 aliphatic rings. The van der Waals surface area contributed by atoms with Gasteiger partial charge in [-0.3, -0.25) is 0 Å². The molecule has 0 fully saturated rings. The maximum Gasteiger partial charge on any atom is 0.161 e. The normalized spacial score (nSPS) is 10.9. The minimum absolute atomic E-state index is 0.418. The molecule has 0 aliphatic carbocycles. The molecule has 0 unspecified atom stereocenters. The molecule has 0 saturated heterocycles. The van der Waals surface area contributed by atoms with Crippen LogP contribution in [0, 0.1) is 6.92 Å². The van der Waals surface area contributed by atoms with Crippen molar-refractivity contribution in [2.45, 2.75) is 6.92 Å². The monoisotopic (exact) mass is 318 g/mol. The van der Waals surface area contributed by atoms with Crippen LogP contribution in [0.25, 0.3) is 22.3 Å². The van der Waals surface area contributed by atoms with Crippen LogP contribution in [0.15, 0.2) is 36.4 Å². The van der Waals surface area contributed by atoms with Crippen molar-refractivity contribution in [1.82, 2.24) is 9.97 Å². The number of aromatic nitrogens is 2. The molecule has 0 bridgehead atoms. The summed E-state index contributed by atoms with van der Waals surface area (Å²) in [6.45, 7) is 1.97. The fourth-order valence-electron chi connectivity index (χ4n) is 2.22. The quantitative estimate of drug-likeness (QED) is 0.629. The summed E-state index contributed by atoms with van der Waals surface area (Å²) in [6.07, 6.45) is 0. The van der Waals surface area contributed by atoms with Crippen LogP contribution in [0.3, 0.4) is 0 Å². The van der Waals surface area contributed by atoms with E-state index in [2.05, 4.69) is 9.97 Å². The van der Waals surface area contributed by atoms with Gasteiger partial charge in [0.05, 0.1) is 7.11 Å². The number of ether oxygens (including phenoxy) is 1. The number of hydrogen-bond donors (Lipinski definition) is 0. The van der Waals surface area contributed by atoms with Gasteiger partial charge in [0, 0.05) is 16.0 Å². The van der Waals surface area contributed by atoms with Gasteiger partial charge in [0.15, 0.2) is 5.82 Å². The van der Waals surface area contributed by atoms with E-state index in [9.17, 15) is 0 Å². The number of methoxy groups -OCH3 is 1. The van der Waals surface area contributed by atoms with Crippen LogP contribution < -0.4 is 4.74 Å². The fourth-order valence-corrected chi connectivity index (χ4v) is 2.66. The molecule has 3 nitrogen and oxygen atoms in total. The van der Waals surface area contributed by atoms with Crippen LogP contribution >= 0.6 is 23.2 Å². The maximum absolute atomic E-state index is 6.34. The first-order chi connectivity index (χ1) is 10.1. The fraction of sp³-hybridized carbons (Fsp3) is 0.125. The standard InChI is InChI=1S/C16H12Cl2N2O/c1-9-3-8-12(21-2)14-13(9)15(18)20-16(19-14)10-4-6-11(17)7-5-10/h3-8H,1-2H3. The molecular weight excluding hydrogens is 307 g/mol. The SMILES string of the molecule is COc1ccc(C)c2c(Cl)nc(-c3ccc(Cl)cc3)nc12. The second-order valence-corrected chi connectivity index (χ2v) is 5.45. The number of benzene rings is 2. The molecule has 1 aromatic heterocycles. The van der Waals surface area contributed by atoms with Crippen molar-refractivity contribution in [1.29, 1.82) is 0 Å². The van der Waals surface area contributed by atoms with E-state index in [4.69, 9.17) is 27.9 Å². The van der Waals surface area contributed by atoms with Crippen molar-refractivity contribution in [3.05, 3.63) is 52.1 Å². The van der Waals surface area contributed by atoms with Crippen molar-refractivity contribution < 1.29 is 4.74 Å². The lowest BCUT2D eigenvalue weighted by Crippen LogP contribution is -1.96. The predicted molar refractivity (Wildman–Crippen MR) is 86.3 cm³/mol. The second-order valence-electron chi connectivity index (χ2n) is 4.65. The zero-order valence-corrected chi connectivity index (χ0v) is 13.0. The van der Waals surface area contributed by atoms with E-state index in [-0.39, 0.29) is 0 Å². The van der Waals surface area contributed by atoms with Gasteiger partial charge in [0.2, 0.25) is 0 Å². The van der Waals surface area contributed by atoms with E-state index < -0.39 is 0 Å². The second kappa shape index (κ2) is 5.51. The Hall–Kier alpha value is -1.84. The van der Waals surface area contributed by atoms with Gasteiger partial charge < -0.3 is 4.74 Å². The first kappa shape index (κ1) is 14.1. The highest BCUT2D eigenvalue weighted by Gasteiger charge is 2.13. The van der Waals surface area contributed by atoms with E-state index in [1.165, 1.54) is 0 Å². The highest BCUT2D eigenvalue weighted by atomic mass is 35.5. The highest BCUT2D eigenvalue weighted by molar-refractivity contribution is 6.34. The smallest absolute Gasteiger partial charge is 0.161 e. The van der Waals surface area contributed by atoms with Gasteiger partial charge >= 0.3 is 0 Å². The molecule has 0 aliphatic heterocycles. The average Bonchev–Trinajstić information content (AvgIpc) is 2.48. The third-order valence-electron chi connectivity index (χ3n) is 3.30. The molecule has 0 radical (unpaired) electrons. The summed E-state index contributed by atoms with van der Waals surface area (Å²) in [4.78, 5) is 9.00. The van der Waals surface area contributed by atoms with E-state index in [0.717, 1.165) is 16.5 Å². The van der Waals surface area contributed by atoms with E-state index >= 15 is 0 Å². The Balaban J connectivity index is 2.29. The highest BCUT2D eigenvalue weighted by Crippen LogP contribution is 2.33. The molecule has 106 valence electrons. The summed E-state index contributed by atoms with van der Waals surface area (Å²) in [6, 6.07) is 11.1. The summed E-state index contributed by atoms with van der Waals surface area (Å²) in [5.41, 5.74) is 2.58. The Morgan fingerprint density at radius 2 is 1.67 bits per heavy atom. The van der Waals surface area contributed by atoms with Gasteiger partial charge in [-0.1, -0.05) is 29.3 Å². The molecule has 3 rings (SSSR count). The lowest BCUT2D eigenvalue weighted by Gasteiger charge is -2.10. The van der Waals surface area contributed by atoms with Gasteiger partial charge in [0.25, 0.3) is 0 Å². The molecule has 0 amide bonds. The summed E-state index contributed by atoms with van der Waals surface area (Å²) in [7, 11) is 1.61. The van der Waals surface area contributed by atoms with Crippen molar-refractivity contribution in [3.63, 3.8) is 0 Å². The van der Waals surface area contributed by atoms with E-state index in [0.29, 0.717) is 27.3 Å². The zero-order chi connectivity index (χ0) is 15.0. The molecule has 21 heavy (non-hydrogen) atoms. The summed E-state index contributed by atoms with van der Waals surface area (Å²) < 4.78 is 5.38. The number of halogens is 2. The first-order valence-corrected chi connectivity index (χ1v) is 7.12. The summed E-state index contributed by atoms with van der Waals surface area (Å²) >= 11 is 12.3. The van der Waals surface area contributed by atoms with Crippen LogP contribution in [0.2, 0.25) is 10.2 Å². The third-order valence-corrected chi connectivity index (χ3v) is 3.83. The van der Waals surface area contributed by atoms with Crippen molar-refractivity contribution in [3.8, 4) is 17.1 Å². The first-order valence-electron chi connectivity index (χ1n) is 6.37. The lowest BCUT2D eigenvalue weighted by atomic mass is 10.1. The van der Waals surface area contributed by atoms with E-state index in [1.807, 2.05) is 31.2 Å². The number of fused-ring (bicyclic) bond motifs is 1. The third kappa shape index (κ3) is 2.55. The molecule has 3 aromatic rings. The van der Waals surface area contributed by atoms with Crippen LogP contribution in [0.5, 0.6) is 5.75 Å². The van der Waals surface area contributed by atoms with Crippen LogP contribution in [-0.2, 0) is 0 Å². The Bertz CT molecular complexity index is 817. The summed E-state index contributed by atoms with van der Waals surface area (Å²) in [5.74, 6) is 1.23. The minimum atomic E-state index is 0.418. The number of nitrogens with zero attached hydrogens (tertiary/aromatic N) is 2. The number of aryl methyl sites for hydroxylation is 1. The Morgan fingerprint density at radius 3 is 2.33 bits per heavy atom. The molecule has 0 atom stereocenters. The minimum Gasteiger partial charge on any atom is -0.494 e. The molecule has 0 N–H and O–H groups in total. The van der Waals surface area contributed by atoms with E-state index in [1.54, 1.807) is 19.2 Å². The van der Waals surface area contributed by atoms with Crippen LogP contribution in [0.1, 0.15) is 5.56 Å². The van der Waals surface area contributed by atoms with Crippen LogP contribution in [0.4, 0.5) is 0 Å². The molecule has 0 spiro atoms. The van der Waals surface area contributed by atoms with Gasteiger partial charge in [-0.05, 0) is 42.8 Å². The van der Waals surface area contributed by atoms with Gasteiger partial charge in [-0.25, -0.2) is 9.97 Å². The molecular formula is C16H12Cl2N2O. The van der Waals surface area contributed by atoms with Gasteiger partial charge in [0.1, 0.15) is 16.4 Å². The van der Waals surface area contributed by atoms with Crippen molar-refractivity contribution >= 4 is 34.1 Å². The number of rotatable bonds is 2. The Labute approximate surface area is 132 Å². The zero-order valence-electron chi connectivity index (χ0n) is 11.5. The molecule has 5 heteroatoms. The predicted octanol–water partition coefficient (Wildman–Crippen LogP) is 4.92. The average molecular weight is 319 g/mol. The largest absolute Gasteiger partial charge is 0.494 e. The Morgan fingerprint density at radius 1 is 0.952 bits per heavy atom. The van der Waals surface area contributed by atoms with Crippen molar-refractivity contribution in [2.75, 3.05) is 7.11 Å². The lowest BCUT2D eigenvalue weighted by molar-refractivity contribution is 0.419. The topological polar surface area (TPSA) is 35.0 Å². The van der Waals surface area contributed by atoms with Crippen molar-refractivity contribution in [2.24, 2.45) is 0 Å². The summed E-state index contributed by atoms with van der Waals surface area (Å²) in [5, 5.41) is 1.90. The maximum atomic E-state index is 6.34. The van der Waals surface area contributed by atoms with Crippen LogP contribution in [-0.4, -0.2) is 17.1 Å². The van der Waals surface area contributed by atoms with Gasteiger partial charge in [-0.15, -0.1) is 0 Å². The molecule has 1 heterocycles.